The molecule has 0 aliphatic rings. The number of para-hydroxylation sites is 1. The minimum absolute atomic E-state index is 0.109. The fourth-order valence-corrected chi connectivity index (χ4v) is 4.47. The van der Waals surface area contributed by atoms with Crippen LogP contribution >= 0.6 is 0 Å². The summed E-state index contributed by atoms with van der Waals surface area (Å²) in [5, 5.41) is 10.2. The summed E-state index contributed by atoms with van der Waals surface area (Å²) < 4.78 is 34.8. The Balaban J connectivity index is 1.55. The highest BCUT2D eigenvalue weighted by molar-refractivity contribution is 7.92. The standard InChI is InChI=1S/C26H27N5O4S/c1-18(2)24-17-25(28-26(32)27-19-9-13-22(35-3)14-10-19)31(29-24)21-11-15-23(16-12-21)36(33,34)30-20-7-5-4-6-8-20/h4-18,30H,1-3H3,(H2,27,28,32). The molecule has 4 rings (SSSR count). The van der Waals surface area contributed by atoms with E-state index in [0.717, 1.165) is 5.69 Å². The predicted octanol–water partition coefficient (Wildman–Crippen LogP) is 5.45. The van der Waals surface area contributed by atoms with Gasteiger partial charge in [-0.1, -0.05) is 32.0 Å². The van der Waals surface area contributed by atoms with Gasteiger partial charge in [0.15, 0.2) is 0 Å². The Hall–Kier alpha value is -4.31. The summed E-state index contributed by atoms with van der Waals surface area (Å²) in [7, 11) is -2.18. The lowest BCUT2D eigenvalue weighted by atomic mass is 10.1. The topological polar surface area (TPSA) is 114 Å². The summed E-state index contributed by atoms with van der Waals surface area (Å²) in [5.41, 5.74) is 2.45. The van der Waals surface area contributed by atoms with Crippen molar-refractivity contribution in [2.24, 2.45) is 0 Å². The molecule has 0 atom stereocenters. The van der Waals surface area contributed by atoms with Gasteiger partial charge >= 0.3 is 6.03 Å². The summed E-state index contributed by atoms with van der Waals surface area (Å²) in [6, 6.07) is 23.3. The van der Waals surface area contributed by atoms with Crippen LogP contribution in [0.1, 0.15) is 25.5 Å². The number of methoxy groups -OCH3 is 1. The largest absolute Gasteiger partial charge is 0.497 e. The van der Waals surface area contributed by atoms with Crippen molar-refractivity contribution in [1.29, 1.82) is 0 Å². The van der Waals surface area contributed by atoms with Crippen LogP contribution in [0, 0.1) is 0 Å². The number of anilines is 3. The summed E-state index contributed by atoms with van der Waals surface area (Å²) in [6.45, 7) is 4.00. The molecule has 0 saturated carbocycles. The average molecular weight is 506 g/mol. The zero-order valence-corrected chi connectivity index (χ0v) is 20.9. The Morgan fingerprint density at radius 2 is 1.56 bits per heavy atom. The molecule has 4 aromatic rings. The molecule has 1 aromatic heterocycles. The predicted molar refractivity (Wildman–Crippen MR) is 141 cm³/mol. The number of benzene rings is 3. The quantitative estimate of drug-likeness (QED) is 0.295. The van der Waals surface area contributed by atoms with Crippen molar-refractivity contribution >= 4 is 33.2 Å². The third kappa shape index (κ3) is 5.84. The van der Waals surface area contributed by atoms with Crippen LogP contribution in [0.15, 0.2) is 89.8 Å². The third-order valence-electron chi connectivity index (χ3n) is 5.33. The van der Waals surface area contributed by atoms with E-state index in [2.05, 4.69) is 20.5 Å². The molecule has 10 heteroatoms. The summed E-state index contributed by atoms with van der Waals surface area (Å²) in [4.78, 5) is 12.8. The summed E-state index contributed by atoms with van der Waals surface area (Å²) in [5.74, 6) is 1.25. The van der Waals surface area contributed by atoms with Crippen molar-refractivity contribution in [2.45, 2.75) is 24.7 Å². The van der Waals surface area contributed by atoms with Crippen molar-refractivity contribution in [1.82, 2.24) is 9.78 Å². The van der Waals surface area contributed by atoms with Crippen LogP contribution < -0.4 is 20.1 Å². The van der Waals surface area contributed by atoms with E-state index in [1.807, 2.05) is 19.9 Å². The lowest BCUT2D eigenvalue weighted by molar-refractivity contribution is 0.262. The second kappa shape index (κ2) is 10.5. The molecular formula is C26H27N5O4S. The van der Waals surface area contributed by atoms with Crippen molar-refractivity contribution < 1.29 is 17.9 Å². The molecule has 1 heterocycles. The first-order chi connectivity index (χ1) is 17.2. The number of aromatic nitrogens is 2. The highest BCUT2D eigenvalue weighted by atomic mass is 32.2. The van der Waals surface area contributed by atoms with Gasteiger partial charge in [0, 0.05) is 17.4 Å². The molecule has 0 unspecified atom stereocenters. The van der Waals surface area contributed by atoms with Crippen molar-refractivity contribution in [3.63, 3.8) is 0 Å². The van der Waals surface area contributed by atoms with E-state index < -0.39 is 16.1 Å². The maximum Gasteiger partial charge on any atom is 0.324 e. The lowest BCUT2D eigenvalue weighted by Crippen LogP contribution is -2.21. The summed E-state index contributed by atoms with van der Waals surface area (Å²) >= 11 is 0. The molecule has 186 valence electrons. The minimum atomic E-state index is -3.76. The molecular weight excluding hydrogens is 478 g/mol. The van der Waals surface area contributed by atoms with E-state index in [4.69, 9.17) is 4.74 Å². The second-order valence-electron chi connectivity index (χ2n) is 8.29. The van der Waals surface area contributed by atoms with Crippen molar-refractivity contribution in [2.75, 3.05) is 22.5 Å². The van der Waals surface area contributed by atoms with E-state index in [9.17, 15) is 13.2 Å². The smallest absolute Gasteiger partial charge is 0.324 e. The molecule has 0 bridgehead atoms. The van der Waals surface area contributed by atoms with Gasteiger partial charge in [-0.25, -0.2) is 17.9 Å². The van der Waals surface area contributed by atoms with Crippen molar-refractivity contribution in [3.05, 3.63) is 90.6 Å². The van der Waals surface area contributed by atoms with Crippen molar-refractivity contribution in [3.8, 4) is 11.4 Å². The van der Waals surface area contributed by atoms with Gasteiger partial charge in [0.25, 0.3) is 10.0 Å². The number of sulfonamides is 1. The van der Waals surface area contributed by atoms with Crippen LogP contribution in [0.5, 0.6) is 5.75 Å². The van der Waals surface area contributed by atoms with E-state index >= 15 is 0 Å². The Morgan fingerprint density at radius 1 is 0.889 bits per heavy atom. The SMILES string of the molecule is COc1ccc(NC(=O)Nc2cc(C(C)C)nn2-c2ccc(S(=O)(=O)Nc3ccccc3)cc2)cc1. The number of hydrogen-bond acceptors (Lipinski definition) is 5. The van der Waals surface area contributed by atoms with Gasteiger partial charge in [0.2, 0.25) is 0 Å². The molecule has 0 aliphatic heterocycles. The van der Waals surface area contributed by atoms with Gasteiger partial charge in [-0.3, -0.25) is 10.0 Å². The van der Waals surface area contributed by atoms with Crippen LogP contribution in [0.4, 0.5) is 22.0 Å². The highest BCUT2D eigenvalue weighted by Gasteiger charge is 2.17. The molecule has 2 amide bonds. The van der Waals surface area contributed by atoms with Gasteiger partial charge < -0.3 is 10.1 Å². The van der Waals surface area contributed by atoms with Crippen LogP contribution in [-0.4, -0.2) is 31.3 Å². The first-order valence-electron chi connectivity index (χ1n) is 11.3. The Kier molecular flexibility index (Phi) is 7.25. The molecule has 3 aromatic carbocycles. The van der Waals surface area contributed by atoms with E-state index in [0.29, 0.717) is 28.6 Å². The zero-order chi connectivity index (χ0) is 25.7. The first kappa shape index (κ1) is 24.8. The third-order valence-corrected chi connectivity index (χ3v) is 6.72. The Morgan fingerprint density at radius 3 is 2.17 bits per heavy atom. The fraction of sp³-hybridized carbons (Fsp3) is 0.154. The molecule has 9 nitrogen and oxygen atoms in total. The van der Waals surface area contributed by atoms with E-state index in [1.54, 1.807) is 78.5 Å². The summed E-state index contributed by atoms with van der Waals surface area (Å²) in [6.07, 6.45) is 0. The Labute approximate surface area is 210 Å². The molecule has 0 fully saturated rings. The van der Waals surface area contributed by atoms with Crippen LogP contribution in [0.2, 0.25) is 0 Å². The lowest BCUT2D eigenvalue weighted by Gasteiger charge is -2.12. The fourth-order valence-electron chi connectivity index (χ4n) is 3.41. The molecule has 3 N–H and O–H groups in total. The van der Waals surface area contributed by atoms with Gasteiger partial charge in [-0.05, 0) is 66.6 Å². The number of nitrogens with one attached hydrogen (secondary N) is 3. The molecule has 0 spiro atoms. The maximum atomic E-state index is 12.8. The van der Waals surface area contributed by atoms with Crippen LogP contribution in [0.3, 0.4) is 0 Å². The zero-order valence-electron chi connectivity index (χ0n) is 20.1. The highest BCUT2D eigenvalue weighted by Crippen LogP contribution is 2.24. The average Bonchev–Trinajstić information content (AvgIpc) is 3.29. The number of rotatable bonds is 8. The molecule has 0 saturated heterocycles. The number of hydrogen-bond donors (Lipinski definition) is 3. The first-order valence-corrected chi connectivity index (χ1v) is 12.7. The van der Waals surface area contributed by atoms with Crippen LogP contribution in [0.25, 0.3) is 5.69 Å². The Bertz CT molecular complexity index is 1430. The maximum absolute atomic E-state index is 12.8. The normalized spacial score (nSPS) is 11.2. The monoisotopic (exact) mass is 505 g/mol. The molecule has 0 aliphatic carbocycles. The van der Waals surface area contributed by atoms with Crippen LogP contribution in [-0.2, 0) is 10.0 Å². The number of amides is 2. The van der Waals surface area contributed by atoms with Gasteiger partial charge in [-0.2, -0.15) is 5.10 Å². The number of carbonyl (C=O) groups is 1. The number of carbonyl (C=O) groups excluding carboxylic acids is 1. The number of urea groups is 1. The molecule has 0 radical (unpaired) electrons. The number of ether oxygens (including phenoxy) is 1. The van der Waals surface area contributed by atoms with Gasteiger partial charge in [0.1, 0.15) is 11.6 Å². The minimum Gasteiger partial charge on any atom is -0.497 e. The second-order valence-corrected chi connectivity index (χ2v) is 9.98. The number of nitrogens with zero attached hydrogens (tertiary/aromatic N) is 2. The van der Waals surface area contributed by atoms with Gasteiger partial charge in [0.05, 0.1) is 23.4 Å². The van der Waals surface area contributed by atoms with E-state index in [-0.39, 0.29) is 10.8 Å². The van der Waals surface area contributed by atoms with Gasteiger partial charge in [-0.15, -0.1) is 0 Å². The van der Waals surface area contributed by atoms with E-state index in [1.165, 1.54) is 12.1 Å². The molecule has 36 heavy (non-hydrogen) atoms.